The lowest BCUT2D eigenvalue weighted by atomic mass is 9.97. The summed E-state index contributed by atoms with van der Waals surface area (Å²) >= 11 is 1.72. The molecule has 3 heteroatoms. The van der Waals surface area contributed by atoms with Crippen LogP contribution in [0.3, 0.4) is 0 Å². The Morgan fingerprint density at radius 2 is 2.10 bits per heavy atom. The Balaban J connectivity index is 1.85. The predicted molar refractivity (Wildman–Crippen MR) is 85.7 cm³/mol. The zero-order valence-electron chi connectivity index (χ0n) is 12.1. The van der Waals surface area contributed by atoms with Gasteiger partial charge in [-0.25, -0.2) is 0 Å². The monoisotopic (exact) mass is 286 g/mol. The first-order valence-corrected chi connectivity index (χ1v) is 8.51. The van der Waals surface area contributed by atoms with Gasteiger partial charge in [0.2, 0.25) is 0 Å². The van der Waals surface area contributed by atoms with Crippen LogP contribution in [0.2, 0.25) is 0 Å². The highest BCUT2D eigenvalue weighted by Gasteiger charge is 2.10. The quantitative estimate of drug-likeness (QED) is 0.620. The highest BCUT2D eigenvalue weighted by Crippen LogP contribution is 2.21. The zero-order chi connectivity index (χ0) is 14.2. The van der Waals surface area contributed by atoms with Gasteiger partial charge in [-0.3, -0.25) is 5.32 Å². The normalized spacial score (nSPS) is 16.3. The van der Waals surface area contributed by atoms with E-state index in [4.69, 9.17) is 0 Å². The molecule has 0 spiro atoms. The molecule has 1 atom stereocenters. The Kier molecular flexibility index (Phi) is 6.17. The topological polar surface area (TPSA) is 35.8 Å². The first kappa shape index (κ1) is 15.2. The second-order valence-corrected chi connectivity index (χ2v) is 6.03. The molecule has 0 saturated heterocycles. The lowest BCUT2D eigenvalue weighted by molar-refractivity contribution is 0.601. The molecule has 0 amide bonds. The van der Waals surface area contributed by atoms with Crippen LogP contribution < -0.4 is 5.32 Å². The fourth-order valence-electron chi connectivity index (χ4n) is 2.54. The molecule has 1 aliphatic carbocycles. The van der Waals surface area contributed by atoms with Crippen molar-refractivity contribution in [2.75, 3.05) is 12.8 Å². The van der Waals surface area contributed by atoms with Crippen molar-refractivity contribution in [2.45, 2.75) is 43.0 Å². The standard InChI is InChI=1S/C17H22N2S/c1-20-16-9-7-15(8-10-16)17(13-18)19-12-11-14-5-3-2-4-6-14/h5,7-10,17,19H,2-4,6,11-12H2,1H3. The maximum Gasteiger partial charge on any atom is 0.121 e. The summed E-state index contributed by atoms with van der Waals surface area (Å²) in [7, 11) is 0. The lowest BCUT2D eigenvalue weighted by Crippen LogP contribution is -2.21. The minimum absolute atomic E-state index is 0.199. The second-order valence-electron chi connectivity index (χ2n) is 5.15. The number of rotatable bonds is 6. The van der Waals surface area contributed by atoms with E-state index >= 15 is 0 Å². The summed E-state index contributed by atoms with van der Waals surface area (Å²) < 4.78 is 0. The molecule has 106 valence electrons. The molecule has 0 saturated carbocycles. The number of nitrogens with zero attached hydrogens (tertiary/aromatic N) is 1. The van der Waals surface area contributed by atoms with Crippen molar-refractivity contribution in [3.8, 4) is 6.07 Å². The average Bonchev–Trinajstić information content (AvgIpc) is 2.53. The van der Waals surface area contributed by atoms with Crippen LogP contribution in [-0.2, 0) is 0 Å². The van der Waals surface area contributed by atoms with E-state index in [1.54, 1.807) is 17.3 Å². The van der Waals surface area contributed by atoms with Crippen molar-refractivity contribution in [3.63, 3.8) is 0 Å². The van der Waals surface area contributed by atoms with E-state index in [0.717, 1.165) is 18.5 Å². The molecule has 0 aliphatic heterocycles. The van der Waals surface area contributed by atoms with Crippen molar-refractivity contribution in [1.82, 2.24) is 5.32 Å². The summed E-state index contributed by atoms with van der Waals surface area (Å²) in [5.74, 6) is 0. The van der Waals surface area contributed by atoms with E-state index in [9.17, 15) is 5.26 Å². The molecule has 0 radical (unpaired) electrons. The van der Waals surface area contributed by atoms with Crippen molar-refractivity contribution < 1.29 is 0 Å². The van der Waals surface area contributed by atoms with Gasteiger partial charge >= 0.3 is 0 Å². The van der Waals surface area contributed by atoms with Crippen molar-refractivity contribution in [3.05, 3.63) is 41.5 Å². The molecular weight excluding hydrogens is 264 g/mol. The fraction of sp³-hybridized carbons (Fsp3) is 0.471. The number of hydrogen-bond acceptors (Lipinski definition) is 3. The summed E-state index contributed by atoms with van der Waals surface area (Å²) in [6, 6.07) is 10.4. The van der Waals surface area contributed by atoms with Gasteiger partial charge in [-0.1, -0.05) is 23.8 Å². The maximum atomic E-state index is 9.31. The van der Waals surface area contributed by atoms with Gasteiger partial charge in [0.25, 0.3) is 0 Å². The Bertz CT molecular complexity index is 485. The third kappa shape index (κ3) is 4.40. The van der Waals surface area contributed by atoms with Crippen LogP contribution in [0.5, 0.6) is 0 Å². The Hall–Kier alpha value is -1.24. The van der Waals surface area contributed by atoms with E-state index in [0.29, 0.717) is 0 Å². The van der Waals surface area contributed by atoms with Crippen LogP contribution in [-0.4, -0.2) is 12.8 Å². The Morgan fingerprint density at radius 3 is 2.70 bits per heavy atom. The van der Waals surface area contributed by atoms with Gasteiger partial charge in [-0.15, -0.1) is 11.8 Å². The number of nitriles is 1. The van der Waals surface area contributed by atoms with Crippen LogP contribution in [0.4, 0.5) is 0 Å². The van der Waals surface area contributed by atoms with Gasteiger partial charge in [0.1, 0.15) is 6.04 Å². The second kappa shape index (κ2) is 8.14. The van der Waals surface area contributed by atoms with E-state index in [1.807, 2.05) is 12.1 Å². The van der Waals surface area contributed by atoms with Gasteiger partial charge in [0.05, 0.1) is 6.07 Å². The molecule has 1 aromatic rings. The van der Waals surface area contributed by atoms with Crippen molar-refractivity contribution in [2.24, 2.45) is 0 Å². The van der Waals surface area contributed by atoms with Gasteiger partial charge in [0, 0.05) is 11.4 Å². The molecule has 0 heterocycles. The van der Waals surface area contributed by atoms with Crippen LogP contribution in [0.15, 0.2) is 40.8 Å². The molecule has 1 N–H and O–H groups in total. The van der Waals surface area contributed by atoms with Crippen LogP contribution in [0.1, 0.15) is 43.7 Å². The smallest absolute Gasteiger partial charge is 0.121 e. The van der Waals surface area contributed by atoms with Crippen LogP contribution in [0.25, 0.3) is 0 Å². The summed E-state index contributed by atoms with van der Waals surface area (Å²) in [5, 5.41) is 12.7. The van der Waals surface area contributed by atoms with E-state index < -0.39 is 0 Å². The number of nitrogens with one attached hydrogen (secondary N) is 1. The average molecular weight is 286 g/mol. The molecule has 1 aliphatic rings. The molecule has 0 bridgehead atoms. The van der Waals surface area contributed by atoms with E-state index in [2.05, 4.69) is 35.9 Å². The predicted octanol–water partition coefficient (Wildman–Crippen LogP) is 4.45. The molecule has 20 heavy (non-hydrogen) atoms. The highest BCUT2D eigenvalue weighted by molar-refractivity contribution is 7.98. The van der Waals surface area contributed by atoms with Crippen LogP contribution in [0, 0.1) is 11.3 Å². The largest absolute Gasteiger partial charge is 0.298 e. The maximum absolute atomic E-state index is 9.31. The summed E-state index contributed by atoms with van der Waals surface area (Å²) in [4.78, 5) is 1.23. The fourth-order valence-corrected chi connectivity index (χ4v) is 2.95. The molecule has 1 unspecified atom stereocenters. The summed E-state index contributed by atoms with van der Waals surface area (Å²) in [6.07, 6.45) is 10.6. The summed E-state index contributed by atoms with van der Waals surface area (Å²) in [5.41, 5.74) is 2.61. The SMILES string of the molecule is CSc1ccc(C(C#N)NCCC2=CCCCC2)cc1. The minimum atomic E-state index is -0.199. The van der Waals surface area contributed by atoms with E-state index in [-0.39, 0.29) is 6.04 Å². The van der Waals surface area contributed by atoms with Gasteiger partial charge in [-0.2, -0.15) is 5.26 Å². The number of benzene rings is 1. The third-order valence-corrected chi connectivity index (χ3v) is 4.50. The molecule has 2 rings (SSSR count). The molecular formula is C17H22N2S. The van der Waals surface area contributed by atoms with Crippen molar-refractivity contribution in [1.29, 1.82) is 5.26 Å². The Morgan fingerprint density at radius 1 is 1.30 bits per heavy atom. The summed E-state index contributed by atoms with van der Waals surface area (Å²) in [6.45, 7) is 0.883. The molecule has 0 aromatic heterocycles. The number of thioether (sulfide) groups is 1. The third-order valence-electron chi connectivity index (χ3n) is 3.76. The number of allylic oxidation sites excluding steroid dienone is 1. The minimum Gasteiger partial charge on any atom is -0.298 e. The molecule has 2 nitrogen and oxygen atoms in total. The lowest BCUT2D eigenvalue weighted by Gasteiger charge is -2.15. The highest BCUT2D eigenvalue weighted by atomic mass is 32.2. The molecule has 1 aromatic carbocycles. The van der Waals surface area contributed by atoms with Crippen molar-refractivity contribution >= 4 is 11.8 Å². The van der Waals surface area contributed by atoms with Gasteiger partial charge < -0.3 is 0 Å². The molecule has 0 fully saturated rings. The van der Waals surface area contributed by atoms with Crippen LogP contribution >= 0.6 is 11.8 Å². The number of hydrogen-bond donors (Lipinski definition) is 1. The van der Waals surface area contributed by atoms with Gasteiger partial charge in [-0.05, 0) is 56.1 Å². The van der Waals surface area contributed by atoms with Gasteiger partial charge in [0.15, 0.2) is 0 Å². The van der Waals surface area contributed by atoms with E-state index in [1.165, 1.54) is 30.6 Å². The first-order chi connectivity index (χ1) is 9.83. The zero-order valence-corrected chi connectivity index (χ0v) is 12.9. The Labute approximate surface area is 126 Å². The first-order valence-electron chi connectivity index (χ1n) is 7.28.